The Balaban J connectivity index is 1.22. The van der Waals surface area contributed by atoms with Crippen molar-refractivity contribution in [2.24, 2.45) is 5.92 Å². The molecule has 2 amide bonds. The van der Waals surface area contributed by atoms with Crippen LogP contribution in [-0.4, -0.2) is 81.6 Å². The summed E-state index contributed by atoms with van der Waals surface area (Å²) in [5, 5.41) is 6.88. The van der Waals surface area contributed by atoms with Crippen LogP contribution in [0.1, 0.15) is 23.2 Å². The zero-order chi connectivity index (χ0) is 26.0. The first-order chi connectivity index (χ1) is 17.8. The maximum atomic E-state index is 13.9. The van der Waals surface area contributed by atoms with Crippen LogP contribution in [0.5, 0.6) is 0 Å². The topological polar surface area (TPSA) is 69.0 Å². The minimum atomic E-state index is -4.51. The first kappa shape index (κ1) is 25.0. The summed E-state index contributed by atoms with van der Waals surface area (Å²) in [4.78, 5) is 22.8. The van der Waals surface area contributed by atoms with Crippen LogP contribution in [0.3, 0.4) is 0 Å². The van der Waals surface area contributed by atoms with Crippen LogP contribution in [0, 0.1) is 17.8 Å². The van der Waals surface area contributed by atoms with Crippen LogP contribution in [0.15, 0.2) is 42.7 Å². The minimum Gasteiger partial charge on any atom is -0.323 e. The molecule has 0 spiro atoms. The van der Waals surface area contributed by atoms with Gasteiger partial charge in [-0.25, -0.2) is 14.3 Å². The number of nitrogens with one attached hydrogen (secondary N) is 1. The molecule has 0 saturated carbocycles. The van der Waals surface area contributed by atoms with Gasteiger partial charge in [0.25, 0.3) is 0 Å². The van der Waals surface area contributed by atoms with Gasteiger partial charge in [-0.3, -0.25) is 4.90 Å². The summed E-state index contributed by atoms with van der Waals surface area (Å²) in [6, 6.07) is 7.26. The lowest BCUT2D eigenvalue weighted by molar-refractivity contribution is -0.138. The van der Waals surface area contributed by atoms with Crippen LogP contribution in [0.2, 0.25) is 0 Å². The van der Waals surface area contributed by atoms with Gasteiger partial charge in [-0.1, -0.05) is 12.0 Å². The van der Waals surface area contributed by atoms with Gasteiger partial charge in [-0.05, 0) is 49.2 Å². The van der Waals surface area contributed by atoms with E-state index in [0.717, 1.165) is 32.2 Å². The summed E-state index contributed by atoms with van der Waals surface area (Å²) in [6.07, 6.45) is -0.517. The number of halogens is 3. The largest absolute Gasteiger partial charge is 0.416 e. The Labute approximate surface area is 213 Å². The quantitative estimate of drug-likeness (QED) is 0.546. The average molecular weight is 512 g/mol. The Kier molecular flexibility index (Phi) is 7.04. The molecule has 0 radical (unpaired) electrons. The molecular formula is C26H28F3N7O. The van der Waals surface area contributed by atoms with E-state index < -0.39 is 17.8 Å². The van der Waals surface area contributed by atoms with Crippen LogP contribution < -0.4 is 5.32 Å². The molecule has 194 valence electrons. The molecule has 1 aromatic carbocycles. The molecule has 0 aliphatic carbocycles. The van der Waals surface area contributed by atoms with E-state index in [2.05, 4.69) is 32.1 Å². The summed E-state index contributed by atoms with van der Waals surface area (Å²) in [7, 11) is 2.00. The number of rotatable bonds is 3. The number of carbonyl (C=O) groups is 1. The number of alkyl halides is 3. The highest BCUT2D eigenvalue weighted by Gasteiger charge is 2.34. The zero-order valence-electron chi connectivity index (χ0n) is 20.5. The monoisotopic (exact) mass is 511 g/mol. The second-order valence-corrected chi connectivity index (χ2v) is 9.52. The summed E-state index contributed by atoms with van der Waals surface area (Å²) >= 11 is 0. The predicted octanol–water partition coefficient (Wildman–Crippen LogP) is 3.40. The third kappa shape index (κ3) is 5.87. The van der Waals surface area contributed by atoms with Crippen molar-refractivity contribution in [1.29, 1.82) is 0 Å². The molecule has 0 bridgehead atoms. The van der Waals surface area contributed by atoms with Gasteiger partial charge in [-0.15, -0.1) is 0 Å². The van der Waals surface area contributed by atoms with Crippen LogP contribution in [-0.2, 0) is 12.7 Å². The molecule has 3 aromatic rings. The van der Waals surface area contributed by atoms with E-state index >= 15 is 0 Å². The Morgan fingerprint density at radius 2 is 1.97 bits per heavy atom. The SMILES string of the molecule is CN1CCN(Cc2ccc(NC(=O)N3CCC(C#Cc4cnc5cccnn45)C3)cc2C(F)(F)F)CC1. The molecule has 4 heterocycles. The molecule has 2 aliphatic rings. The number of hydrogen-bond donors (Lipinski definition) is 1. The molecule has 5 rings (SSSR count). The number of anilines is 1. The lowest BCUT2D eigenvalue weighted by Gasteiger charge is -2.33. The number of aromatic nitrogens is 3. The second-order valence-electron chi connectivity index (χ2n) is 9.52. The summed E-state index contributed by atoms with van der Waals surface area (Å²) < 4.78 is 43.2. The Hall–Kier alpha value is -3.62. The fourth-order valence-electron chi connectivity index (χ4n) is 4.66. The van der Waals surface area contributed by atoms with Crippen LogP contribution in [0.25, 0.3) is 5.65 Å². The lowest BCUT2D eigenvalue weighted by Crippen LogP contribution is -2.44. The molecule has 2 aliphatic heterocycles. The van der Waals surface area contributed by atoms with Crippen molar-refractivity contribution < 1.29 is 18.0 Å². The molecule has 1 atom stereocenters. The van der Waals surface area contributed by atoms with Crippen molar-refractivity contribution in [3.05, 3.63) is 59.5 Å². The summed E-state index contributed by atoms with van der Waals surface area (Å²) in [6.45, 7) is 4.20. The minimum absolute atomic E-state index is 0.0447. The fourth-order valence-corrected chi connectivity index (χ4v) is 4.66. The van der Waals surface area contributed by atoms with Crippen molar-refractivity contribution in [1.82, 2.24) is 29.3 Å². The number of hydrogen-bond acceptors (Lipinski definition) is 5. The molecule has 37 heavy (non-hydrogen) atoms. The molecule has 2 saturated heterocycles. The van der Waals surface area contributed by atoms with Gasteiger partial charge >= 0.3 is 12.2 Å². The smallest absolute Gasteiger partial charge is 0.323 e. The number of amides is 2. The molecule has 1 N–H and O–H groups in total. The number of carbonyl (C=O) groups excluding carboxylic acids is 1. The first-order valence-corrected chi connectivity index (χ1v) is 12.2. The van der Waals surface area contributed by atoms with Crippen LogP contribution in [0.4, 0.5) is 23.7 Å². The third-order valence-electron chi connectivity index (χ3n) is 6.81. The van der Waals surface area contributed by atoms with Gasteiger partial charge in [0.2, 0.25) is 0 Å². The molecular weight excluding hydrogens is 483 g/mol. The highest BCUT2D eigenvalue weighted by molar-refractivity contribution is 5.89. The van der Waals surface area contributed by atoms with E-state index in [1.54, 1.807) is 33.9 Å². The van der Waals surface area contributed by atoms with Crippen molar-refractivity contribution >= 4 is 17.4 Å². The predicted molar refractivity (Wildman–Crippen MR) is 133 cm³/mol. The van der Waals surface area contributed by atoms with E-state index in [9.17, 15) is 18.0 Å². The summed E-state index contributed by atoms with van der Waals surface area (Å²) in [5.74, 6) is 6.21. The highest BCUT2D eigenvalue weighted by Crippen LogP contribution is 2.34. The van der Waals surface area contributed by atoms with Crippen molar-refractivity contribution in [3.63, 3.8) is 0 Å². The number of urea groups is 1. The maximum Gasteiger partial charge on any atom is 0.416 e. The molecule has 2 aromatic heterocycles. The standard InChI is InChI=1S/C26H28F3N7O/c1-33-11-13-34(14-12-33)18-20-5-6-21(15-23(20)26(27,28)29)32-25(37)35-10-8-19(17-35)4-7-22-16-30-24-3-2-9-31-36(22)24/h2-3,5-6,9,15-16,19H,8,10-14,17-18H2,1H3,(H,32,37). The number of piperazine rings is 1. The Morgan fingerprint density at radius 3 is 2.76 bits per heavy atom. The average Bonchev–Trinajstić information content (AvgIpc) is 3.52. The molecule has 11 heteroatoms. The van der Waals surface area contributed by atoms with Crippen molar-refractivity contribution in [2.75, 3.05) is 51.6 Å². The van der Waals surface area contributed by atoms with Gasteiger partial charge < -0.3 is 15.1 Å². The van der Waals surface area contributed by atoms with Gasteiger partial charge in [-0.2, -0.15) is 18.3 Å². The van der Waals surface area contributed by atoms with Gasteiger partial charge in [0.1, 0.15) is 5.69 Å². The number of likely N-dealkylation sites (N-methyl/N-ethyl adjacent to an activating group) is 1. The number of imidazole rings is 1. The van der Waals surface area contributed by atoms with E-state index in [1.807, 2.05) is 18.0 Å². The molecule has 1 unspecified atom stereocenters. The van der Waals surface area contributed by atoms with E-state index in [4.69, 9.17) is 0 Å². The maximum absolute atomic E-state index is 13.9. The zero-order valence-corrected chi connectivity index (χ0v) is 20.5. The summed E-state index contributed by atoms with van der Waals surface area (Å²) in [5.41, 5.74) is 0.997. The van der Waals surface area contributed by atoms with Crippen molar-refractivity contribution in [2.45, 2.75) is 19.1 Å². The second kappa shape index (κ2) is 10.4. The third-order valence-corrected chi connectivity index (χ3v) is 6.81. The molecule has 8 nitrogen and oxygen atoms in total. The normalized spacial score (nSPS) is 19.1. The fraction of sp³-hybridized carbons (Fsp3) is 0.423. The van der Waals surface area contributed by atoms with E-state index in [1.165, 1.54) is 6.07 Å². The van der Waals surface area contributed by atoms with Gasteiger partial charge in [0, 0.05) is 63.6 Å². The van der Waals surface area contributed by atoms with Crippen LogP contribution >= 0.6 is 0 Å². The number of fused-ring (bicyclic) bond motifs is 1. The lowest BCUT2D eigenvalue weighted by atomic mass is 10.0. The van der Waals surface area contributed by atoms with E-state index in [0.29, 0.717) is 30.9 Å². The number of nitrogens with zero attached hydrogens (tertiary/aromatic N) is 6. The molecule has 2 fully saturated rings. The first-order valence-electron chi connectivity index (χ1n) is 12.2. The Morgan fingerprint density at radius 1 is 1.16 bits per heavy atom. The number of likely N-dealkylation sites (tertiary alicyclic amines) is 1. The van der Waals surface area contributed by atoms with Crippen molar-refractivity contribution in [3.8, 4) is 11.8 Å². The highest BCUT2D eigenvalue weighted by atomic mass is 19.4. The van der Waals surface area contributed by atoms with E-state index in [-0.39, 0.29) is 23.7 Å². The van der Waals surface area contributed by atoms with Gasteiger partial charge in [0.15, 0.2) is 5.65 Å². The van der Waals surface area contributed by atoms with Gasteiger partial charge in [0.05, 0.1) is 11.8 Å². The number of benzene rings is 1. The Bertz CT molecular complexity index is 1340.